The van der Waals surface area contributed by atoms with E-state index in [9.17, 15) is 0 Å². The van der Waals surface area contributed by atoms with E-state index in [0.29, 0.717) is 6.61 Å². The molecule has 6 heteroatoms. The number of ether oxygens (including phenoxy) is 3. The fraction of sp³-hybridized carbons (Fsp3) is 0.429. The van der Waals surface area contributed by atoms with Crippen molar-refractivity contribution >= 4 is 0 Å². The van der Waals surface area contributed by atoms with Crippen LogP contribution in [-0.4, -0.2) is 73.9 Å². The van der Waals surface area contributed by atoms with Gasteiger partial charge in [0, 0.05) is 39.3 Å². The Bertz CT molecular complexity index is 690. The largest absolute Gasteiger partial charge is 0.492 e. The van der Waals surface area contributed by atoms with Gasteiger partial charge in [-0.25, -0.2) is 0 Å². The van der Waals surface area contributed by atoms with E-state index in [-0.39, 0.29) is 11.6 Å². The summed E-state index contributed by atoms with van der Waals surface area (Å²) < 4.78 is 17.7. The van der Waals surface area contributed by atoms with Gasteiger partial charge in [0.1, 0.15) is 25.1 Å². The van der Waals surface area contributed by atoms with Gasteiger partial charge >= 0.3 is 0 Å². The molecule has 1 unspecified atom stereocenters. The molecular weight excluding hydrogens is 344 g/mol. The van der Waals surface area contributed by atoms with Crippen molar-refractivity contribution in [2.24, 2.45) is 0 Å². The summed E-state index contributed by atoms with van der Waals surface area (Å²) in [5.41, 5.74) is 0. The van der Waals surface area contributed by atoms with E-state index in [1.54, 1.807) is 0 Å². The fourth-order valence-electron chi connectivity index (χ4n) is 3.45. The van der Waals surface area contributed by atoms with Crippen LogP contribution < -0.4 is 14.2 Å². The van der Waals surface area contributed by atoms with Crippen LogP contribution in [0.15, 0.2) is 54.6 Å². The highest BCUT2D eigenvalue weighted by Crippen LogP contribution is 2.31. The molecule has 0 bridgehead atoms. The van der Waals surface area contributed by atoms with Crippen molar-refractivity contribution in [2.45, 2.75) is 6.10 Å². The van der Waals surface area contributed by atoms with Gasteiger partial charge < -0.3 is 19.7 Å². The molecule has 2 aromatic rings. The summed E-state index contributed by atoms with van der Waals surface area (Å²) in [6.07, 6.45) is 0.109. The molecule has 0 aromatic heterocycles. The molecule has 1 saturated heterocycles. The lowest BCUT2D eigenvalue weighted by atomic mass is 10.2. The predicted molar refractivity (Wildman–Crippen MR) is 105 cm³/mol. The standard InChI is InChI=1S/C21H26N2O3.H2O/c1-2-6-18(7-3-1)24-15-14-22-10-12-23(13-11-22)16-19-17-25-20-8-4-5-9-21(20)26-19;/h1-9,19H,10-17H2;1H2. The second kappa shape index (κ2) is 9.60. The van der Waals surface area contributed by atoms with E-state index in [1.165, 1.54) is 0 Å². The van der Waals surface area contributed by atoms with Crippen LogP contribution in [0.3, 0.4) is 0 Å². The van der Waals surface area contributed by atoms with Crippen molar-refractivity contribution < 1.29 is 19.7 Å². The molecule has 2 heterocycles. The molecule has 2 N–H and O–H groups in total. The van der Waals surface area contributed by atoms with Gasteiger partial charge in [0.05, 0.1) is 0 Å². The number of para-hydroxylation sites is 3. The molecule has 0 radical (unpaired) electrons. The number of fused-ring (bicyclic) bond motifs is 1. The molecule has 6 nitrogen and oxygen atoms in total. The van der Waals surface area contributed by atoms with E-state index in [0.717, 1.165) is 63.1 Å². The topological polar surface area (TPSA) is 65.7 Å². The van der Waals surface area contributed by atoms with Crippen molar-refractivity contribution in [3.05, 3.63) is 54.6 Å². The zero-order valence-electron chi connectivity index (χ0n) is 15.5. The van der Waals surface area contributed by atoms with Crippen LogP contribution in [0.2, 0.25) is 0 Å². The van der Waals surface area contributed by atoms with Gasteiger partial charge in [0.15, 0.2) is 11.5 Å². The Morgan fingerprint density at radius 2 is 1.52 bits per heavy atom. The number of nitrogens with zero attached hydrogens (tertiary/aromatic N) is 2. The van der Waals surface area contributed by atoms with Gasteiger partial charge in [-0.1, -0.05) is 30.3 Å². The molecule has 4 rings (SSSR count). The van der Waals surface area contributed by atoms with Crippen LogP contribution in [0.4, 0.5) is 0 Å². The summed E-state index contributed by atoms with van der Waals surface area (Å²) in [5.74, 6) is 2.66. The third kappa shape index (κ3) is 5.35. The average Bonchev–Trinajstić information content (AvgIpc) is 2.70. The highest BCUT2D eigenvalue weighted by Gasteiger charge is 2.25. The normalized spacial score (nSPS) is 19.9. The molecule has 1 atom stereocenters. The Morgan fingerprint density at radius 3 is 2.30 bits per heavy atom. The van der Waals surface area contributed by atoms with Crippen molar-refractivity contribution in [1.82, 2.24) is 9.80 Å². The molecule has 2 aliphatic rings. The minimum atomic E-state index is 0. The van der Waals surface area contributed by atoms with Crippen molar-refractivity contribution in [3.63, 3.8) is 0 Å². The Hall–Kier alpha value is -2.28. The summed E-state index contributed by atoms with van der Waals surface area (Å²) >= 11 is 0. The van der Waals surface area contributed by atoms with Gasteiger partial charge in [-0.15, -0.1) is 0 Å². The number of piperazine rings is 1. The zero-order valence-corrected chi connectivity index (χ0v) is 15.5. The summed E-state index contributed by atoms with van der Waals surface area (Å²) in [6, 6.07) is 17.9. The molecule has 0 saturated carbocycles. The lowest BCUT2D eigenvalue weighted by molar-refractivity contribution is 0.0384. The number of hydrogen-bond donors (Lipinski definition) is 0. The summed E-state index contributed by atoms with van der Waals surface area (Å²) in [5, 5.41) is 0. The molecule has 2 aromatic carbocycles. The van der Waals surface area contributed by atoms with E-state index in [1.807, 2.05) is 54.6 Å². The second-order valence-corrected chi connectivity index (χ2v) is 6.80. The quantitative estimate of drug-likeness (QED) is 0.772. The molecule has 146 valence electrons. The van der Waals surface area contributed by atoms with Crippen molar-refractivity contribution in [3.8, 4) is 17.2 Å². The second-order valence-electron chi connectivity index (χ2n) is 6.80. The van der Waals surface area contributed by atoms with Gasteiger partial charge in [0.2, 0.25) is 0 Å². The van der Waals surface area contributed by atoms with E-state index in [4.69, 9.17) is 14.2 Å². The molecular formula is C21H28N2O4. The van der Waals surface area contributed by atoms with Gasteiger partial charge in [-0.3, -0.25) is 9.80 Å². The Labute approximate surface area is 160 Å². The molecule has 27 heavy (non-hydrogen) atoms. The Balaban J connectivity index is 0.00000210. The number of hydrogen-bond acceptors (Lipinski definition) is 5. The van der Waals surface area contributed by atoms with Crippen LogP contribution in [0.1, 0.15) is 0 Å². The predicted octanol–water partition coefficient (Wildman–Crippen LogP) is 1.70. The maximum Gasteiger partial charge on any atom is 0.161 e. The number of benzene rings is 2. The first-order valence-corrected chi connectivity index (χ1v) is 9.38. The first kappa shape index (κ1) is 19.5. The molecule has 0 aliphatic carbocycles. The highest BCUT2D eigenvalue weighted by atomic mass is 16.6. The summed E-state index contributed by atoms with van der Waals surface area (Å²) in [7, 11) is 0. The van der Waals surface area contributed by atoms with Crippen molar-refractivity contribution in [1.29, 1.82) is 0 Å². The van der Waals surface area contributed by atoms with Crippen LogP contribution in [0, 0.1) is 0 Å². The third-order valence-corrected chi connectivity index (χ3v) is 4.91. The van der Waals surface area contributed by atoms with Gasteiger partial charge in [-0.2, -0.15) is 0 Å². The van der Waals surface area contributed by atoms with Gasteiger partial charge in [-0.05, 0) is 24.3 Å². The highest BCUT2D eigenvalue weighted by molar-refractivity contribution is 5.40. The van der Waals surface area contributed by atoms with Crippen LogP contribution in [0.5, 0.6) is 17.2 Å². The molecule has 2 aliphatic heterocycles. The minimum absolute atomic E-state index is 0. The van der Waals surface area contributed by atoms with E-state index < -0.39 is 0 Å². The summed E-state index contributed by atoms with van der Waals surface area (Å²) in [4.78, 5) is 4.93. The zero-order chi connectivity index (χ0) is 17.6. The van der Waals surface area contributed by atoms with Crippen LogP contribution >= 0.6 is 0 Å². The summed E-state index contributed by atoms with van der Waals surface area (Å²) in [6.45, 7) is 7.52. The first-order valence-electron chi connectivity index (χ1n) is 9.38. The SMILES string of the molecule is O.c1ccc(OCCN2CCN(CC3COc4ccccc4O3)CC2)cc1. The lowest BCUT2D eigenvalue weighted by Crippen LogP contribution is -2.51. The van der Waals surface area contributed by atoms with Crippen LogP contribution in [0.25, 0.3) is 0 Å². The maximum atomic E-state index is 6.08. The Morgan fingerprint density at radius 1 is 0.852 bits per heavy atom. The van der Waals surface area contributed by atoms with E-state index in [2.05, 4.69) is 9.80 Å². The molecule has 0 spiro atoms. The minimum Gasteiger partial charge on any atom is -0.492 e. The molecule has 0 amide bonds. The Kier molecular flexibility index (Phi) is 6.92. The lowest BCUT2D eigenvalue weighted by Gasteiger charge is -2.37. The third-order valence-electron chi connectivity index (χ3n) is 4.91. The monoisotopic (exact) mass is 372 g/mol. The van der Waals surface area contributed by atoms with E-state index >= 15 is 0 Å². The molecule has 1 fully saturated rings. The number of rotatable bonds is 6. The smallest absolute Gasteiger partial charge is 0.161 e. The average molecular weight is 372 g/mol. The fourth-order valence-corrected chi connectivity index (χ4v) is 3.45. The van der Waals surface area contributed by atoms with Crippen LogP contribution in [-0.2, 0) is 0 Å². The van der Waals surface area contributed by atoms with Crippen molar-refractivity contribution in [2.75, 3.05) is 52.5 Å². The maximum absolute atomic E-state index is 6.08. The van der Waals surface area contributed by atoms with Gasteiger partial charge in [0.25, 0.3) is 0 Å². The first-order chi connectivity index (χ1) is 12.9.